The van der Waals surface area contributed by atoms with Crippen LogP contribution in [0.15, 0.2) is 48.8 Å². The van der Waals surface area contributed by atoms with E-state index in [9.17, 15) is 14.9 Å². The summed E-state index contributed by atoms with van der Waals surface area (Å²) in [5, 5.41) is 15.1. The number of rotatable bonds is 6. The van der Waals surface area contributed by atoms with Gasteiger partial charge in [-0.1, -0.05) is 17.7 Å². The number of halogens is 1. The lowest BCUT2D eigenvalue weighted by atomic mass is 10.2. The van der Waals surface area contributed by atoms with E-state index >= 15 is 0 Å². The predicted octanol–water partition coefficient (Wildman–Crippen LogP) is 4.67. The topological polar surface area (TPSA) is 116 Å². The Morgan fingerprint density at radius 2 is 1.90 bits per heavy atom. The van der Waals surface area contributed by atoms with Gasteiger partial charge in [0.2, 0.25) is 5.82 Å². The Balaban J connectivity index is 1.94. The highest BCUT2D eigenvalue weighted by atomic mass is 35.5. The Kier molecular flexibility index (Phi) is 5.89. The quantitative estimate of drug-likeness (QED) is 0.351. The van der Waals surface area contributed by atoms with Crippen LogP contribution in [0.25, 0.3) is 0 Å². The number of aromatic nitrogens is 2. The van der Waals surface area contributed by atoms with Gasteiger partial charge in [-0.05, 0) is 48.9 Å². The molecule has 0 aliphatic rings. The smallest absolute Gasteiger partial charge is 0.373 e. The molecule has 0 amide bonds. The fraction of sp³-hybridized carbons (Fsp3) is 0.105. The Bertz CT molecular complexity index is 1070. The van der Waals surface area contributed by atoms with E-state index in [2.05, 4.69) is 20.0 Å². The second-order valence-electron chi connectivity index (χ2n) is 5.79. The molecular formula is C19H15ClN4O5. The lowest BCUT2D eigenvalue weighted by Gasteiger charge is -2.11. The van der Waals surface area contributed by atoms with Crippen LogP contribution in [0.3, 0.4) is 0 Å². The monoisotopic (exact) mass is 414 g/mol. The minimum Gasteiger partial charge on any atom is -0.465 e. The van der Waals surface area contributed by atoms with Crippen LogP contribution in [-0.4, -0.2) is 28.0 Å². The molecule has 29 heavy (non-hydrogen) atoms. The molecule has 9 nitrogen and oxygen atoms in total. The van der Waals surface area contributed by atoms with Crippen molar-refractivity contribution >= 4 is 34.8 Å². The van der Waals surface area contributed by atoms with E-state index in [-0.39, 0.29) is 17.4 Å². The fourth-order valence-corrected chi connectivity index (χ4v) is 2.63. The third-order valence-electron chi connectivity index (χ3n) is 3.98. The SMILES string of the molecule is COC(=O)c1ccc(Oc2ncnc(Nc3cccc(Cl)c3C)c2[N+](=O)[O-])cc1. The summed E-state index contributed by atoms with van der Waals surface area (Å²) in [5.74, 6) is -0.549. The van der Waals surface area contributed by atoms with Crippen LogP contribution in [0, 0.1) is 17.0 Å². The Labute approximate surface area is 170 Å². The van der Waals surface area contributed by atoms with Gasteiger partial charge in [0, 0.05) is 10.7 Å². The molecule has 2 aromatic carbocycles. The molecule has 0 bridgehead atoms. The first-order chi connectivity index (χ1) is 13.9. The highest BCUT2D eigenvalue weighted by Crippen LogP contribution is 2.36. The van der Waals surface area contributed by atoms with E-state index in [0.717, 1.165) is 6.33 Å². The average molecular weight is 415 g/mol. The van der Waals surface area contributed by atoms with Crippen LogP contribution in [0.2, 0.25) is 5.02 Å². The van der Waals surface area contributed by atoms with Gasteiger partial charge in [0.15, 0.2) is 0 Å². The maximum atomic E-state index is 11.7. The Morgan fingerprint density at radius 3 is 2.55 bits per heavy atom. The average Bonchev–Trinajstić information content (AvgIpc) is 2.71. The van der Waals surface area contributed by atoms with Crippen molar-refractivity contribution in [2.24, 2.45) is 0 Å². The molecule has 0 radical (unpaired) electrons. The van der Waals surface area contributed by atoms with Crippen LogP contribution in [-0.2, 0) is 4.74 Å². The standard InChI is InChI=1S/C19H15ClN4O5/c1-11-14(20)4-3-5-15(11)23-17-16(24(26)27)18(22-10-21-17)29-13-8-6-12(7-9-13)19(25)28-2/h3-10H,1-2H3,(H,21,22,23). The Morgan fingerprint density at radius 1 is 1.17 bits per heavy atom. The number of carbonyl (C=O) groups excluding carboxylic acids is 1. The van der Waals surface area contributed by atoms with Crippen molar-refractivity contribution < 1.29 is 19.2 Å². The summed E-state index contributed by atoms with van der Waals surface area (Å²) in [6.45, 7) is 1.78. The van der Waals surface area contributed by atoms with Crippen molar-refractivity contribution in [1.82, 2.24) is 9.97 Å². The molecule has 3 rings (SSSR count). The zero-order valence-electron chi connectivity index (χ0n) is 15.4. The van der Waals surface area contributed by atoms with Crippen molar-refractivity contribution in [2.45, 2.75) is 6.92 Å². The zero-order chi connectivity index (χ0) is 21.0. The van der Waals surface area contributed by atoms with Gasteiger partial charge in [-0.2, -0.15) is 4.98 Å². The normalized spacial score (nSPS) is 10.3. The number of benzene rings is 2. The highest BCUT2D eigenvalue weighted by Gasteiger charge is 2.25. The lowest BCUT2D eigenvalue weighted by Crippen LogP contribution is -2.04. The van der Waals surface area contributed by atoms with Crippen LogP contribution in [0.5, 0.6) is 11.6 Å². The van der Waals surface area contributed by atoms with Crippen LogP contribution >= 0.6 is 11.6 Å². The number of methoxy groups -OCH3 is 1. The fourth-order valence-electron chi connectivity index (χ4n) is 2.45. The van der Waals surface area contributed by atoms with Gasteiger partial charge in [-0.25, -0.2) is 9.78 Å². The number of esters is 1. The molecule has 0 saturated carbocycles. The summed E-state index contributed by atoms with van der Waals surface area (Å²) in [6.07, 6.45) is 1.15. The second-order valence-corrected chi connectivity index (χ2v) is 6.20. The summed E-state index contributed by atoms with van der Waals surface area (Å²) in [7, 11) is 1.27. The molecule has 1 aromatic heterocycles. The molecule has 10 heteroatoms. The second kappa shape index (κ2) is 8.53. The first-order valence-corrected chi connectivity index (χ1v) is 8.66. The van der Waals surface area contributed by atoms with Crippen molar-refractivity contribution in [3.8, 4) is 11.6 Å². The third-order valence-corrected chi connectivity index (χ3v) is 4.39. The first kappa shape index (κ1) is 20.0. The molecule has 0 aliphatic carbocycles. The van der Waals surface area contributed by atoms with Gasteiger partial charge >= 0.3 is 17.5 Å². The van der Waals surface area contributed by atoms with Crippen LogP contribution in [0.4, 0.5) is 17.2 Å². The summed E-state index contributed by atoms with van der Waals surface area (Å²) in [4.78, 5) is 30.4. The predicted molar refractivity (Wildman–Crippen MR) is 106 cm³/mol. The molecule has 1 N–H and O–H groups in total. The van der Waals surface area contributed by atoms with Gasteiger partial charge in [0.05, 0.1) is 17.6 Å². The summed E-state index contributed by atoms with van der Waals surface area (Å²) in [6, 6.07) is 11.1. The van der Waals surface area contributed by atoms with Crippen molar-refractivity contribution in [3.05, 3.63) is 75.1 Å². The first-order valence-electron chi connectivity index (χ1n) is 8.28. The molecule has 0 aliphatic heterocycles. The van der Waals surface area contributed by atoms with E-state index in [0.29, 0.717) is 21.8 Å². The molecule has 1 heterocycles. The minimum absolute atomic E-state index is 0.0449. The number of nitro groups is 1. The van der Waals surface area contributed by atoms with Crippen molar-refractivity contribution in [2.75, 3.05) is 12.4 Å². The molecule has 0 saturated heterocycles. The zero-order valence-corrected chi connectivity index (χ0v) is 16.1. The number of ether oxygens (including phenoxy) is 2. The van der Waals surface area contributed by atoms with Crippen molar-refractivity contribution in [3.63, 3.8) is 0 Å². The van der Waals surface area contributed by atoms with Gasteiger partial charge < -0.3 is 14.8 Å². The number of hydrogen-bond acceptors (Lipinski definition) is 8. The molecule has 0 unspecified atom stereocenters. The van der Waals surface area contributed by atoms with E-state index < -0.39 is 16.6 Å². The molecule has 148 valence electrons. The minimum atomic E-state index is -0.639. The maximum Gasteiger partial charge on any atom is 0.373 e. The van der Waals surface area contributed by atoms with Gasteiger partial charge in [0.25, 0.3) is 0 Å². The van der Waals surface area contributed by atoms with Crippen molar-refractivity contribution in [1.29, 1.82) is 0 Å². The highest BCUT2D eigenvalue weighted by molar-refractivity contribution is 6.31. The number of nitrogens with one attached hydrogen (secondary N) is 1. The number of anilines is 2. The number of carbonyl (C=O) groups is 1. The lowest BCUT2D eigenvalue weighted by molar-refractivity contribution is -0.385. The summed E-state index contributed by atoms with van der Waals surface area (Å²) < 4.78 is 10.2. The molecule has 0 atom stereocenters. The van der Waals surface area contributed by atoms with E-state index in [4.69, 9.17) is 16.3 Å². The van der Waals surface area contributed by atoms with E-state index in [1.165, 1.54) is 31.4 Å². The summed E-state index contributed by atoms with van der Waals surface area (Å²) >= 11 is 6.10. The molecule has 0 spiro atoms. The molecular weight excluding hydrogens is 400 g/mol. The largest absolute Gasteiger partial charge is 0.465 e. The maximum absolute atomic E-state index is 11.7. The number of hydrogen-bond donors (Lipinski definition) is 1. The van der Waals surface area contributed by atoms with Gasteiger partial charge in [0.1, 0.15) is 12.1 Å². The van der Waals surface area contributed by atoms with Crippen LogP contribution < -0.4 is 10.1 Å². The van der Waals surface area contributed by atoms with E-state index in [1.807, 2.05) is 0 Å². The Hall–Kier alpha value is -3.72. The van der Waals surface area contributed by atoms with Gasteiger partial charge in [-0.3, -0.25) is 10.1 Å². The van der Waals surface area contributed by atoms with Gasteiger partial charge in [-0.15, -0.1) is 0 Å². The van der Waals surface area contributed by atoms with E-state index in [1.54, 1.807) is 25.1 Å². The number of nitrogens with zero attached hydrogens (tertiary/aromatic N) is 3. The third kappa shape index (κ3) is 4.41. The summed E-state index contributed by atoms with van der Waals surface area (Å²) in [5.41, 5.74) is 1.15. The molecule has 0 fully saturated rings. The van der Waals surface area contributed by atoms with Crippen LogP contribution in [0.1, 0.15) is 15.9 Å². The molecule has 3 aromatic rings.